The number of halogens is 1. The molecule has 0 bridgehead atoms. The van der Waals surface area contributed by atoms with Crippen molar-refractivity contribution < 1.29 is 14.6 Å². The summed E-state index contributed by atoms with van der Waals surface area (Å²) in [5, 5.41) is 12.0. The molecule has 4 nitrogen and oxygen atoms in total. The number of hydrogen-bond donors (Lipinski definition) is 2. The molecule has 0 fully saturated rings. The van der Waals surface area contributed by atoms with Crippen molar-refractivity contribution in [2.75, 3.05) is 13.7 Å². The van der Waals surface area contributed by atoms with Crippen LogP contribution in [-0.4, -0.2) is 30.8 Å². The van der Waals surface area contributed by atoms with Crippen molar-refractivity contribution in [2.45, 2.75) is 19.0 Å². The number of carboxylic acids is 1. The van der Waals surface area contributed by atoms with E-state index >= 15 is 0 Å². The average Bonchev–Trinajstić information content (AvgIpc) is 2.28. The number of carboxylic acid groups (broad SMARTS) is 1. The number of aliphatic carboxylic acids is 1. The third-order valence-corrected chi connectivity index (χ3v) is 2.92. The molecule has 1 rings (SSSR count). The van der Waals surface area contributed by atoms with Gasteiger partial charge >= 0.3 is 5.97 Å². The van der Waals surface area contributed by atoms with Gasteiger partial charge in [-0.15, -0.1) is 0 Å². The van der Waals surface area contributed by atoms with Gasteiger partial charge in [-0.25, -0.2) is 0 Å². The number of hydrogen-bond acceptors (Lipinski definition) is 3. The Morgan fingerprint density at radius 3 is 2.82 bits per heavy atom. The van der Waals surface area contributed by atoms with Gasteiger partial charge in [-0.1, -0.05) is 28.1 Å². The summed E-state index contributed by atoms with van der Waals surface area (Å²) in [5.41, 5.74) is 1.03. The van der Waals surface area contributed by atoms with Crippen LogP contribution in [0.5, 0.6) is 0 Å². The van der Waals surface area contributed by atoms with E-state index in [-0.39, 0.29) is 12.6 Å². The Morgan fingerprint density at radius 1 is 1.59 bits per heavy atom. The van der Waals surface area contributed by atoms with Crippen molar-refractivity contribution in [3.63, 3.8) is 0 Å². The lowest BCUT2D eigenvalue weighted by molar-refractivity contribution is -0.141. The molecule has 0 spiro atoms. The molecule has 2 atom stereocenters. The van der Waals surface area contributed by atoms with Crippen molar-refractivity contribution in [2.24, 2.45) is 0 Å². The normalized spacial score (nSPS) is 14.3. The zero-order valence-corrected chi connectivity index (χ0v) is 11.4. The zero-order valence-electron chi connectivity index (χ0n) is 9.81. The fourth-order valence-corrected chi connectivity index (χ4v) is 1.95. The summed E-state index contributed by atoms with van der Waals surface area (Å²) in [4.78, 5) is 11.0. The van der Waals surface area contributed by atoms with Gasteiger partial charge in [0.2, 0.25) is 0 Å². The molecule has 0 saturated carbocycles. The summed E-state index contributed by atoms with van der Waals surface area (Å²) in [6.45, 7) is 2.07. The van der Waals surface area contributed by atoms with Crippen LogP contribution in [0.2, 0.25) is 0 Å². The molecular formula is C12H16BrNO3. The Labute approximate surface area is 109 Å². The summed E-state index contributed by atoms with van der Waals surface area (Å²) in [5.74, 6) is -0.909. The van der Waals surface area contributed by atoms with E-state index in [1.54, 1.807) is 0 Å². The molecular weight excluding hydrogens is 286 g/mol. The van der Waals surface area contributed by atoms with Gasteiger partial charge in [0.05, 0.1) is 6.61 Å². The van der Waals surface area contributed by atoms with E-state index in [4.69, 9.17) is 9.84 Å². The molecule has 0 aliphatic heterocycles. The molecule has 0 aliphatic carbocycles. The number of rotatable bonds is 6. The number of benzene rings is 1. The summed E-state index contributed by atoms with van der Waals surface area (Å²) in [6, 6.07) is 7.01. The largest absolute Gasteiger partial charge is 0.480 e. The van der Waals surface area contributed by atoms with E-state index in [9.17, 15) is 4.79 Å². The highest BCUT2D eigenvalue weighted by atomic mass is 79.9. The Hall–Kier alpha value is -0.910. The second kappa shape index (κ2) is 6.74. The summed E-state index contributed by atoms with van der Waals surface area (Å²) in [6.07, 6.45) is 0. The maximum absolute atomic E-state index is 11.0. The van der Waals surface area contributed by atoms with Crippen molar-refractivity contribution in [3.8, 4) is 0 Å². The van der Waals surface area contributed by atoms with Gasteiger partial charge in [-0.2, -0.15) is 0 Å². The Balaban J connectivity index is 2.69. The van der Waals surface area contributed by atoms with Gasteiger partial charge < -0.3 is 9.84 Å². The van der Waals surface area contributed by atoms with Crippen LogP contribution in [0.15, 0.2) is 28.7 Å². The number of nitrogens with one attached hydrogen (secondary N) is 1. The van der Waals surface area contributed by atoms with E-state index in [0.717, 1.165) is 10.0 Å². The Kier molecular flexibility index (Phi) is 5.61. The minimum Gasteiger partial charge on any atom is -0.480 e. The van der Waals surface area contributed by atoms with Gasteiger partial charge in [0, 0.05) is 17.6 Å². The van der Waals surface area contributed by atoms with Crippen LogP contribution >= 0.6 is 15.9 Å². The molecule has 17 heavy (non-hydrogen) atoms. The molecule has 0 aromatic heterocycles. The van der Waals surface area contributed by atoms with E-state index < -0.39 is 12.0 Å². The van der Waals surface area contributed by atoms with Crippen LogP contribution in [0.1, 0.15) is 18.5 Å². The maximum Gasteiger partial charge on any atom is 0.323 e. The summed E-state index contributed by atoms with van der Waals surface area (Å²) < 4.78 is 5.85. The third-order valence-electron chi connectivity index (χ3n) is 2.43. The minimum absolute atomic E-state index is 0.0521. The lowest BCUT2D eigenvalue weighted by atomic mass is 10.1. The highest BCUT2D eigenvalue weighted by Gasteiger charge is 2.19. The molecule has 0 amide bonds. The second-order valence-electron chi connectivity index (χ2n) is 3.79. The molecule has 1 aromatic carbocycles. The van der Waals surface area contributed by atoms with Crippen molar-refractivity contribution in [3.05, 3.63) is 34.3 Å². The van der Waals surface area contributed by atoms with Gasteiger partial charge in [-0.3, -0.25) is 10.1 Å². The highest BCUT2D eigenvalue weighted by molar-refractivity contribution is 9.10. The van der Waals surface area contributed by atoms with Crippen molar-refractivity contribution >= 4 is 21.9 Å². The van der Waals surface area contributed by atoms with Crippen molar-refractivity contribution in [1.82, 2.24) is 5.32 Å². The van der Waals surface area contributed by atoms with E-state index in [1.165, 1.54) is 7.11 Å². The molecule has 5 heteroatoms. The van der Waals surface area contributed by atoms with Gasteiger partial charge in [0.15, 0.2) is 0 Å². The topological polar surface area (TPSA) is 58.6 Å². The Bertz CT molecular complexity index is 384. The molecule has 0 saturated heterocycles. The molecule has 0 heterocycles. The smallest absolute Gasteiger partial charge is 0.323 e. The standard InChI is InChI=1S/C12H16BrNO3/c1-8(9-4-3-5-10(13)6-9)14-11(7-17-2)12(15)16/h3-6,8,11,14H,7H2,1-2H3,(H,15,16)/t8-,11?/m0/s1. The first kappa shape index (κ1) is 14.2. The van der Waals surface area contributed by atoms with E-state index in [1.807, 2.05) is 31.2 Å². The van der Waals surface area contributed by atoms with Crippen LogP contribution in [0, 0.1) is 0 Å². The summed E-state index contributed by atoms with van der Waals surface area (Å²) in [7, 11) is 1.49. The average molecular weight is 302 g/mol. The molecule has 94 valence electrons. The zero-order chi connectivity index (χ0) is 12.8. The molecule has 2 N–H and O–H groups in total. The molecule has 1 unspecified atom stereocenters. The fraction of sp³-hybridized carbons (Fsp3) is 0.417. The first-order chi connectivity index (χ1) is 8.04. The van der Waals surface area contributed by atoms with Crippen LogP contribution in [-0.2, 0) is 9.53 Å². The number of methoxy groups -OCH3 is 1. The lowest BCUT2D eigenvalue weighted by Crippen LogP contribution is -2.41. The molecule has 1 aromatic rings. The van der Waals surface area contributed by atoms with E-state index in [2.05, 4.69) is 21.2 Å². The monoisotopic (exact) mass is 301 g/mol. The minimum atomic E-state index is -0.909. The molecule has 0 aliphatic rings. The lowest BCUT2D eigenvalue weighted by Gasteiger charge is -2.20. The predicted octanol–water partition coefficient (Wildman–Crippen LogP) is 2.20. The maximum atomic E-state index is 11.0. The SMILES string of the molecule is COCC(N[C@@H](C)c1cccc(Br)c1)C(=O)O. The Morgan fingerprint density at radius 2 is 2.29 bits per heavy atom. The summed E-state index contributed by atoms with van der Waals surface area (Å²) >= 11 is 3.39. The van der Waals surface area contributed by atoms with Gasteiger partial charge in [0.25, 0.3) is 0 Å². The first-order valence-electron chi connectivity index (χ1n) is 5.28. The number of carbonyl (C=O) groups is 1. The second-order valence-corrected chi connectivity index (χ2v) is 4.71. The van der Waals surface area contributed by atoms with Gasteiger partial charge in [-0.05, 0) is 24.6 Å². The van der Waals surface area contributed by atoms with Crippen molar-refractivity contribution in [1.29, 1.82) is 0 Å². The van der Waals surface area contributed by atoms with Crippen LogP contribution in [0.25, 0.3) is 0 Å². The number of ether oxygens (including phenoxy) is 1. The predicted molar refractivity (Wildman–Crippen MR) is 69.0 cm³/mol. The van der Waals surface area contributed by atoms with Gasteiger partial charge in [0.1, 0.15) is 6.04 Å². The van der Waals surface area contributed by atoms with Crippen LogP contribution < -0.4 is 5.32 Å². The quantitative estimate of drug-likeness (QED) is 0.846. The highest BCUT2D eigenvalue weighted by Crippen LogP contribution is 2.18. The third kappa shape index (κ3) is 4.46. The van der Waals surface area contributed by atoms with Crippen LogP contribution in [0.4, 0.5) is 0 Å². The molecule has 0 radical (unpaired) electrons. The first-order valence-corrected chi connectivity index (χ1v) is 6.07. The fourth-order valence-electron chi connectivity index (χ4n) is 1.53. The van der Waals surface area contributed by atoms with Crippen LogP contribution in [0.3, 0.4) is 0 Å². The van der Waals surface area contributed by atoms with E-state index in [0.29, 0.717) is 0 Å².